The van der Waals surface area contributed by atoms with Crippen LogP contribution in [0.15, 0.2) is 0 Å². The molecule has 1 amide bonds. The number of hydrogen-bond donors (Lipinski definition) is 6. The number of nitrogens with one attached hydrogen (secondary N) is 5. The Bertz CT molecular complexity index is 573. The maximum atomic E-state index is 13.6. The van der Waals surface area contributed by atoms with E-state index in [1.54, 1.807) is 17.0 Å². The lowest BCUT2D eigenvalue weighted by Gasteiger charge is -2.34. The second-order valence-corrected chi connectivity index (χ2v) is 9.26. The van der Waals surface area contributed by atoms with Gasteiger partial charge < -0.3 is 11.1 Å². The van der Waals surface area contributed by atoms with Crippen molar-refractivity contribution in [2.45, 2.75) is 49.8 Å². The number of fused-ring (bicyclic) bond motifs is 1. The van der Waals surface area contributed by atoms with Crippen molar-refractivity contribution >= 4 is 17.9 Å². The van der Waals surface area contributed by atoms with E-state index < -0.39 is 18.3 Å². The van der Waals surface area contributed by atoms with Crippen LogP contribution in [0.5, 0.6) is 0 Å². The summed E-state index contributed by atoms with van der Waals surface area (Å²) in [6.45, 7) is 5.80. The Kier molecular flexibility index (Phi) is 5.65. The topological polar surface area (TPSA) is 110 Å². The molecule has 0 aromatic rings. The highest BCUT2D eigenvalue weighted by atomic mass is 32.2. The van der Waals surface area contributed by atoms with Crippen LogP contribution in [0.3, 0.4) is 0 Å². The van der Waals surface area contributed by atoms with Crippen molar-refractivity contribution in [3.05, 3.63) is 0 Å². The van der Waals surface area contributed by atoms with Crippen molar-refractivity contribution < 1.29 is 9.18 Å². The highest BCUT2D eigenvalue weighted by Crippen LogP contribution is 2.37. The van der Waals surface area contributed by atoms with Gasteiger partial charge in [-0.1, -0.05) is 11.9 Å². The zero-order chi connectivity index (χ0) is 19.3. The van der Waals surface area contributed by atoms with Crippen molar-refractivity contribution in [3.8, 4) is 0 Å². The van der Waals surface area contributed by atoms with E-state index >= 15 is 0 Å². The molecule has 27 heavy (non-hydrogen) atoms. The SMILES string of the molecule is CC1NN(C)CC1C1C(C)NSC1NC(=O)C1C(N)NN2CC(F)CNC12. The van der Waals surface area contributed by atoms with Crippen LogP contribution in [0.1, 0.15) is 13.8 Å². The number of hydrazine groups is 2. The molecule has 0 bridgehead atoms. The summed E-state index contributed by atoms with van der Waals surface area (Å²) < 4.78 is 17.1. The number of nitrogens with two attached hydrogens (primary N) is 1. The first-order chi connectivity index (χ1) is 12.8. The average molecular weight is 403 g/mol. The summed E-state index contributed by atoms with van der Waals surface area (Å²) in [7, 11) is 2.05. The first-order valence-electron chi connectivity index (χ1n) is 9.70. The van der Waals surface area contributed by atoms with Crippen molar-refractivity contribution in [1.82, 2.24) is 36.2 Å². The minimum Gasteiger partial charge on any atom is -0.342 e. The quantitative estimate of drug-likeness (QED) is 0.303. The Morgan fingerprint density at radius 1 is 1.26 bits per heavy atom. The molecule has 9 nitrogen and oxygen atoms in total. The van der Waals surface area contributed by atoms with Gasteiger partial charge in [0.25, 0.3) is 0 Å². The molecular formula is C16H31FN8OS. The average Bonchev–Trinajstić information content (AvgIpc) is 3.21. The summed E-state index contributed by atoms with van der Waals surface area (Å²) >= 11 is 1.58. The van der Waals surface area contributed by atoms with Crippen LogP contribution in [0.25, 0.3) is 0 Å². The fourth-order valence-corrected chi connectivity index (χ4v) is 6.25. The van der Waals surface area contributed by atoms with Crippen LogP contribution >= 0.6 is 11.9 Å². The molecule has 4 rings (SSSR count). The largest absolute Gasteiger partial charge is 0.342 e. The Labute approximate surface area is 163 Å². The lowest BCUT2D eigenvalue weighted by Crippen LogP contribution is -2.59. The fraction of sp³-hybridized carbons (Fsp3) is 0.938. The van der Waals surface area contributed by atoms with E-state index in [-0.39, 0.29) is 30.5 Å². The van der Waals surface area contributed by atoms with Gasteiger partial charge in [0.2, 0.25) is 5.91 Å². The molecule has 7 N–H and O–H groups in total. The van der Waals surface area contributed by atoms with Crippen molar-refractivity contribution in [3.63, 3.8) is 0 Å². The minimum absolute atomic E-state index is 0.0213. The van der Waals surface area contributed by atoms with Gasteiger partial charge in [-0.15, -0.1) is 0 Å². The predicted molar refractivity (Wildman–Crippen MR) is 102 cm³/mol. The highest BCUT2D eigenvalue weighted by Gasteiger charge is 2.50. The maximum Gasteiger partial charge on any atom is 0.230 e. The second kappa shape index (κ2) is 7.71. The number of nitrogens with zero attached hydrogens (tertiary/aromatic N) is 2. The number of rotatable bonds is 3. The van der Waals surface area contributed by atoms with Crippen LogP contribution in [0.2, 0.25) is 0 Å². The smallest absolute Gasteiger partial charge is 0.230 e. The fourth-order valence-electron chi connectivity index (χ4n) is 4.96. The summed E-state index contributed by atoms with van der Waals surface area (Å²) in [6.07, 6.45) is -1.77. The summed E-state index contributed by atoms with van der Waals surface area (Å²) in [5, 5.41) is 10.2. The number of carbonyl (C=O) groups is 1. The number of carbonyl (C=O) groups excluding carboxylic acids is 1. The molecule has 9 atom stereocenters. The van der Waals surface area contributed by atoms with Gasteiger partial charge >= 0.3 is 0 Å². The molecule has 0 aromatic heterocycles. The molecule has 4 aliphatic rings. The van der Waals surface area contributed by atoms with Gasteiger partial charge in [0.15, 0.2) is 0 Å². The van der Waals surface area contributed by atoms with E-state index in [0.717, 1.165) is 6.54 Å². The van der Waals surface area contributed by atoms with E-state index in [4.69, 9.17) is 5.73 Å². The summed E-state index contributed by atoms with van der Waals surface area (Å²) in [5.74, 6) is 0.196. The van der Waals surface area contributed by atoms with Gasteiger partial charge in [-0.3, -0.25) is 20.3 Å². The molecule has 11 heteroatoms. The molecule has 4 aliphatic heterocycles. The molecule has 154 valence electrons. The molecule has 0 aromatic carbocycles. The van der Waals surface area contributed by atoms with Gasteiger partial charge in [-0.2, -0.15) is 0 Å². The van der Waals surface area contributed by atoms with Crippen LogP contribution in [0, 0.1) is 17.8 Å². The summed E-state index contributed by atoms with van der Waals surface area (Å²) in [5.41, 5.74) is 12.7. The van der Waals surface area contributed by atoms with Crippen LogP contribution in [0.4, 0.5) is 4.39 Å². The highest BCUT2D eigenvalue weighted by molar-refractivity contribution is 7.98. The third kappa shape index (κ3) is 3.71. The number of alkyl halides is 1. The summed E-state index contributed by atoms with van der Waals surface area (Å²) in [4.78, 5) is 13.1. The molecule has 9 unspecified atom stereocenters. The van der Waals surface area contributed by atoms with Crippen LogP contribution in [-0.4, -0.2) is 78.6 Å². The van der Waals surface area contributed by atoms with E-state index in [9.17, 15) is 9.18 Å². The van der Waals surface area contributed by atoms with Crippen LogP contribution < -0.4 is 31.9 Å². The third-order valence-electron chi connectivity index (χ3n) is 6.26. The molecule has 0 aliphatic carbocycles. The predicted octanol–water partition coefficient (Wildman–Crippen LogP) is -1.87. The standard InChI is InChI=1S/C16H31FN8OS/c1-7-10(6-24(3)21-7)11-8(2)23-27-16(11)20-15(26)12-13(18)22-25-5-9(17)4-19-14(12)25/h7-14,16,19,21-23H,4-6,18H2,1-3H3,(H,20,26). The number of hydrogen-bond acceptors (Lipinski definition) is 9. The van der Waals surface area contributed by atoms with E-state index in [0.29, 0.717) is 23.9 Å². The number of amides is 1. The Morgan fingerprint density at radius 3 is 2.74 bits per heavy atom. The van der Waals surface area contributed by atoms with Gasteiger partial charge in [-0.25, -0.2) is 19.8 Å². The molecule has 0 radical (unpaired) electrons. The van der Waals surface area contributed by atoms with Crippen LogP contribution in [-0.2, 0) is 4.79 Å². The van der Waals surface area contributed by atoms with E-state index in [2.05, 4.69) is 52.1 Å². The lowest BCUT2D eigenvalue weighted by molar-refractivity contribution is -0.127. The lowest BCUT2D eigenvalue weighted by atomic mass is 9.83. The molecule has 4 saturated heterocycles. The Balaban J connectivity index is 1.44. The van der Waals surface area contributed by atoms with Gasteiger partial charge in [0.1, 0.15) is 6.17 Å². The van der Waals surface area contributed by atoms with Crippen molar-refractivity contribution in [1.29, 1.82) is 0 Å². The van der Waals surface area contributed by atoms with E-state index in [1.165, 1.54) is 0 Å². The monoisotopic (exact) mass is 402 g/mol. The first-order valence-corrected chi connectivity index (χ1v) is 10.6. The van der Waals surface area contributed by atoms with Gasteiger partial charge in [0, 0.05) is 44.7 Å². The Morgan fingerprint density at radius 2 is 2.04 bits per heavy atom. The van der Waals surface area contributed by atoms with E-state index in [1.807, 2.05) is 0 Å². The van der Waals surface area contributed by atoms with Crippen molar-refractivity contribution in [2.75, 3.05) is 26.7 Å². The molecule has 0 saturated carbocycles. The molecule has 4 heterocycles. The zero-order valence-electron chi connectivity index (χ0n) is 16.0. The maximum absolute atomic E-state index is 13.6. The first kappa shape index (κ1) is 19.8. The van der Waals surface area contributed by atoms with Gasteiger partial charge in [0.05, 0.1) is 23.6 Å². The second-order valence-electron chi connectivity index (χ2n) is 8.28. The molecule has 4 fully saturated rings. The molecular weight excluding hydrogens is 371 g/mol. The third-order valence-corrected chi connectivity index (χ3v) is 7.46. The Hall–Kier alpha value is -0.530. The normalized spacial score (nSPS) is 48.7. The van der Waals surface area contributed by atoms with Gasteiger partial charge in [-0.05, 0) is 19.8 Å². The summed E-state index contributed by atoms with van der Waals surface area (Å²) in [6, 6.07) is 0.655. The number of halogens is 1. The zero-order valence-corrected chi connectivity index (χ0v) is 16.8. The minimum atomic E-state index is -0.962. The molecule has 0 spiro atoms. The van der Waals surface area contributed by atoms with Crippen molar-refractivity contribution in [2.24, 2.45) is 23.5 Å².